The van der Waals surface area contributed by atoms with Crippen molar-refractivity contribution in [2.24, 2.45) is 11.8 Å². The lowest BCUT2D eigenvalue weighted by molar-refractivity contribution is 0.595. The predicted octanol–water partition coefficient (Wildman–Crippen LogP) is 1.34. The Morgan fingerprint density at radius 1 is 1.20 bits per heavy atom. The Labute approximate surface area is 115 Å². The summed E-state index contributed by atoms with van der Waals surface area (Å²) < 4.78 is 1.56. The van der Waals surface area contributed by atoms with Crippen molar-refractivity contribution in [2.75, 3.05) is 0 Å². The third-order valence-electron chi connectivity index (χ3n) is 4.73. The summed E-state index contributed by atoms with van der Waals surface area (Å²) in [6.07, 6.45) is 4.52. The lowest BCUT2D eigenvalue weighted by atomic mass is 10.0. The summed E-state index contributed by atoms with van der Waals surface area (Å²) in [4.78, 5) is 33.9. The van der Waals surface area contributed by atoms with Crippen LogP contribution in [0.4, 0.5) is 0 Å². The molecule has 6 heteroatoms. The van der Waals surface area contributed by atoms with E-state index in [4.69, 9.17) is 0 Å². The van der Waals surface area contributed by atoms with Crippen molar-refractivity contribution in [3.63, 3.8) is 0 Å². The molecule has 4 rings (SSSR count). The van der Waals surface area contributed by atoms with Crippen LogP contribution in [0.3, 0.4) is 0 Å². The Morgan fingerprint density at radius 3 is 2.65 bits per heavy atom. The van der Waals surface area contributed by atoms with E-state index in [-0.39, 0.29) is 11.2 Å². The molecule has 2 aliphatic rings. The highest BCUT2D eigenvalue weighted by molar-refractivity contribution is 5.69. The number of H-pyrrole nitrogens is 2. The van der Waals surface area contributed by atoms with E-state index < -0.39 is 0 Å². The van der Waals surface area contributed by atoms with Crippen LogP contribution < -0.4 is 11.2 Å². The molecule has 2 heterocycles. The van der Waals surface area contributed by atoms with Gasteiger partial charge in [0.15, 0.2) is 5.65 Å². The number of rotatable bonds is 3. The first-order valence-electron chi connectivity index (χ1n) is 7.40. The summed E-state index contributed by atoms with van der Waals surface area (Å²) in [7, 11) is 0. The standard InChI is InChI=1S/C14H18N4O2/c1-2-3-18-12-10(13(19)17-14(18)20)15-11(16-12)9-5-7-4-8(7)6-9/h7-9H,2-6H2,1H3,(H,15,16)(H,17,19,20). The molecule has 2 aromatic heterocycles. The van der Waals surface area contributed by atoms with Crippen LogP contribution in [0, 0.1) is 11.8 Å². The van der Waals surface area contributed by atoms with E-state index in [0.29, 0.717) is 23.6 Å². The zero-order chi connectivity index (χ0) is 13.9. The quantitative estimate of drug-likeness (QED) is 0.885. The van der Waals surface area contributed by atoms with E-state index in [0.717, 1.165) is 24.1 Å². The van der Waals surface area contributed by atoms with Crippen molar-refractivity contribution in [1.29, 1.82) is 0 Å². The molecule has 20 heavy (non-hydrogen) atoms. The molecule has 6 nitrogen and oxygen atoms in total. The second-order valence-corrected chi connectivity index (χ2v) is 6.16. The van der Waals surface area contributed by atoms with Gasteiger partial charge in [0.25, 0.3) is 5.56 Å². The third kappa shape index (κ3) is 1.67. The average Bonchev–Trinajstić information content (AvgIpc) is 2.88. The van der Waals surface area contributed by atoms with Crippen molar-refractivity contribution >= 4 is 11.2 Å². The molecule has 2 atom stereocenters. The maximum atomic E-state index is 11.9. The molecule has 2 N–H and O–H groups in total. The van der Waals surface area contributed by atoms with Crippen LogP contribution in [-0.4, -0.2) is 19.5 Å². The molecule has 0 saturated heterocycles. The number of nitrogens with one attached hydrogen (secondary N) is 2. The van der Waals surface area contributed by atoms with Crippen LogP contribution in [0.15, 0.2) is 9.59 Å². The Kier molecular flexibility index (Phi) is 2.43. The second-order valence-electron chi connectivity index (χ2n) is 6.16. The number of nitrogens with zero attached hydrogens (tertiary/aromatic N) is 2. The topological polar surface area (TPSA) is 83.5 Å². The van der Waals surface area contributed by atoms with Crippen LogP contribution in [-0.2, 0) is 6.54 Å². The van der Waals surface area contributed by atoms with Gasteiger partial charge in [-0.15, -0.1) is 0 Å². The number of hydrogen-bond acceptors (Lipinski definition) is 3. The molecule has 0 radical (unpaired) electrons. The van der Waals surface area contributed by atoms with Gasteiger partial charge in [-0.1, -0.05) is 6.92 Å². The number of aryl methyl sites for hydroxylation is 1. The molecule has 0 aromatic carbocycles. The summed E-state index contributed by atoms with van der Waals surface area (Å²) in [6, 6.07) is 0. The SMILES string of the molecule is CCCn1c(=O)[nH]c(=O)c2[nH]c(C3CC4CC4C3)nc21. The van der Waals surface area contributed by atoms with Gasteiger partial charge >= 0.3 is 5.69 Å². The average molecular weight is 274 g/mol. The summed E-state index contributed by atoms with van der Waals surface area (Å²) in [5.74, 6) is 3.04. The van der Waals surface area contributed by atoms with Gasteiger partial charge in [-0.3, -0.25) is 14.3 Å². The van der Waals surface area contributed by atoms with Crippen LogP contribution >= 0.6 is 0 Å². The van der Waals surface area contributed by atoms with Crippen molar-refractivity contribution in [3.8, 4) is 0 Å². The van der Waals surface area contributed by atoms with E-state index in [2.05, 4.69) is 15.0 Å². The van der Waals surface area contributed by atoms with Crippen LogP contribution in [0.1, 0.15) is 44.3 Å². The fourth-order valence-corrected chi connectivity index (χ4v) is 3.62. The zero-order valence-corrected chi connectivity index (χ0v) is 11.5. The molecule has 2 saturated carbocycles. The molecule has 2 aliphatic carbocycles. The summed E-state index contributed by atoms with van der Waals surface area (Å²) in [5, 5.41) is 0. The highest BCUT2D eigenvalue weighted by Gasteiger charge is 2.47. The molecule has 0 amide bonds. The van der Waals surface area contributed by atoms with Crippen molar-refractivity contribution < 1.29 is 0 Å². The molecule has 0 spiro atoms. The fourth-order valence-electron chi connectivity index (χ4n) is 3.62. The summed E-state index contributed by atoms with van der Waals surface area (Å²) >= 11 is 0. The smallest absolute Gasteiger partial charge is 0.330 e. The van der Waals surface area contributed by atoms with E-state index in [1.165, 1.54) is 19.3 Å². The first-order valence-corrected chi connectivity index (χ1v) is 7.40. The number of fused-ring (bicyclic) bond motifs is 2. The van der Waals surface area contributed by atoms with Crippen LogP contribution in [0.5, 0.6) is 0 Å². The molecule has 2 fully saturated rings. The van der Waals surface area contributed by atoms with Gasteiger partial charge in [-0.25, -0.2) is 9.78 Å². The Hall–Kier alpha value is -1.85. The van der Waals surface area contributed by atoms with Crippen LogP contribution in [0.25, 0.3) is 11.2 Å². The van der Waals surface area contributed by atoms with Crippen molar-refractivity contribution in [2.45, 2.75) is 45.1 Å². The molecule has 2 unspecified atom stereocenters. The fraction of sp³-hybridized carbons (Fsp3) is 0.643. The van der Waals surface area contributed by atoms with Gasteiger partial charge in [0.05, 0.1) is 0 Å². The van der Waals surface area contributed by atoms with Crippen molar-refractivity contribution in [3.05, 3.63) is 26.7 Å². The minimum absolute atomic E-state index is 0.362. The maximum absolute atomic E-state index is 11.9. The Morgan fingerprint density at radius 2 is 1.95 bits per heavy atom. The van der Waals surface area contributed by atoms with Gasteiger partial charge < -0.3 is 4.98 Å². The lowest BCUT2D eigenvalue weighted by Crippen LogP contribution is -2.30. The summed E-state index contributed by atoms with van der Waals surface area (Å²) in [6.45, 7) is 2.58. The molecular formula is C14H18N4O2. The van der Waals surface area contributed by atoms with E-state index in [1.807, 2.05) is 6.92 Å². The van der Waals surface area contributed by atoms with E-state index in [1.54, 1.807) is 4.57 Å². The first kappa shape index (κ1) is 11.9. The molecular weight excluding hydrogens is 256 g/mol. The lowest BCUT2D eigenvalue weighted by Gasteiger charge is -2.06. The van der Waals surface area contributed by atoms with Gasteiger partial charge in [0, 0.05) is 12.5 Å². The third-order valence-corrected chi connectivity index (χ3v) is 4.73. The normalized spacial score (nSPS) is 27.9. The number of aromatic amines is 2. The minimum atomic E-state index is -0.364. The molecule has 2 aromatic rings. The molecule has 0 aliphatic heterocycles. The largest absolute Gasteiger partial charge is 0.336 e. The van der Waals surface area contributed by atoms with Gasteiger partial charge in [0.2, 0.25) is 0 Å². The molecule has 106 valence electrons. The first-order chi connectivity index (χ1) is 9.67. The number of hydrogen-bond donors (Lipinski definition) is 2. The van der Waals surface area contributed by atoms with Crippen molar-refractivity contribution in [1.82, 2.24) is 19.5 Å². The van der Waals surface area contributed by atoms with Gasteiger partial charge in [0.1, 0.15) is 11.3 Å². The van der Waals surface area contributed by atoms with Crippen LogP contribution in [0.2, 0.25) is 0 Å². The number of imidazole rings is 1. The second kappa shape index (κ2) is 4.07. The zero-order valence-electron chi connectivity index (χ0n) is 11.5. The molecule has 0 bridgehead atoms. The maximum Gasteiger partial charge on any atom is 0.330 e. The van der Waals surface area contributed by atoms with E-state index >= 15 is 0 Å². The highest BCUT2D eigenvalue weighted by atomic mass is 16.2. The monoisotopic (exact) mass is 274 g/mol. The summed E-state index contributed by atoms with van der Waals surface area (Å²) in [5.41, 5.74) is 0.223. The number of aromatic nitrogens is 4. The Balaban J connectivity index is 1.85. The van der Waals surface area contributed by atoms with E-state index in [9.17, 15) is 9.59 Å². The highest BCUT2D eigenvalue weighted by Crippen LogP contribution is 2.57. The predicted molar refractivity (Wildman–Crippen MR) is 74.8 cm³/mol. The Bertz CT molecular complexity index is 775. The van der Waals surface area contributed by atoms with Gasteiger partial charge in [-0.05, 0) is 37.5 Å². The van der Waals surface area contributed by atoms with Gasteiger partial charge in [-0.2, -0.15) is 0 Å². The minimum Gasteiger partial charge on any atom is -0.336 e.